The lowest BCUT2D eigenvalue weighted by Crippen LogP contribution is -2.42. The lowest BCUT2D eigenvalue weighted by molar-refractivity contribution is 0.129. The van der Waals surface area contributed by atoms with Gasteiger partial charge in [0.1, 0.15) is 6.61 Å². The first-order valence-electron chi connectivity index (χ1n) is 8.01. The summed E-state index contributed by atoms with van der Waals surface area (Å²) in [6.07, 6.45) is 1.38. The molecule has 6 heteroatoms. The lowest BCUT2D eigenvalue weighted by Gasteiger charge is -2.25. The first-order valence-corrected chi connectivity index (χ1v) is 8.01. The zero-order chi connectivity index (χ0) is 17.2. The minimum Gasteiger partial charge on any atom is -0.445 e. The van der Waals surface area contributed by atoms with Crippen molar-refractivity contribution in [3.8, 4) is 0 Å². The maximum atomic E-state index is 12.0. The van der Waals surface area contributed by atoms with Gasteiger partial charge in [-0.2, -0.15) is 10.2 Å². The predicted molar refractivity (Wildman–Crippen MR) is 89.9 cm³/mol. The molecule has 0 unspecified atom stereocenters. The number of hydrogen-bond donors (Lipinski definition) is 2. The van der Waals surface area contributed by atoms with Gasteiger partial charge in [-0.1, -0.05) is 30.3 Å². The van der Waals surface area contributed by atoms with Gasteiger partial charge in [0.25, 0.3) is 0 Å². The summed E-state index contributed by atoms with van der Waals surface area (Å²) in [6.45, 7) is 3.94. The molecule has 24 heavy (non-hydrogen) atoms. The second-order valence-electron chi connectivity index (χ2n) is 6.77. The molecule has 1 amide bonds. The van der Waals surface area contributed by atoms with E-state index in [4.69, 9.17) is 10.5 Å². The molecule has 1 aromatic carbocycles. The molecular weight excluding hydrogens is 304 g/mol. The van der Waals surface area contributed by atoms with Gasteiger partial charge in [-0.25, -0.2) is 4.79 Å². The van der Waals surface area contributed by atoms with Gasteiger partial charge in [0.2, 0.25) is 0 Å². The molecule has 0 atom stereocenters. The van der Waals surface area contributed by atoms with E-state index in [1.807, 2.05) is 56.3 Å². The fourth-order valence-electron chi connectivity index (χ4n) is 2.40. The molecular formula is C18H22N4O2. The Balaban J connectivity index is 1.59. The number of amides is 1. The van der Waals surface area contributed by atoms with Crippen molar-refractivity contribution in [1.29, 1.82) is 0 Å². The summed E-state index contributed by atoms with van der Waals surface area (Å²) in [7, 11) is 0. The first kappa shape index (κ1) is 16.4. The van der Waals surface area contributed by atoms with Crippen LogP contribution in [0.4, 0.5) is 4.79 Å². The zero-order valence-electron chi connectivity index (χ0n) is 14.0. The third kappa shape index (κ3) is 3.71. The van der Waals surface area contributed by atoms with E-state index in [9.17, 15) is 4.79 Å². The standard InChI is InChI=1S/C18H22N4O2/c1-17(2,14-8-9-15(22-21-14)18(19)10-11-18)20-16(23)24-12-13-6-4-3-5-7-13/h3-9H,10-12,19H2,1-2H3,(H,20,23). The van der Waals surface area contributed by atoms with E-state index in [1.165, 1.54) is 0 Å². The molecule has 1 fully saturated rings. The molecule has 6 nitrogen and oxygen atoms in total. The summed E-state index contributed by atoms with van der Waals surface area (Å²) < 4.78 is 5.26. The highest BCUT2D eigenvalue weighted by Gasteiger charge is 2.42. The Hall–Kier alpha value is -2.47. The SMILES string of the molecule is CC(C)(NC(=O)OCc1ccccc1)c1ccc(C2(N)CC2)nn1. The van der Waals surface area contributed by atoms with Crippen LogP contribution in [0.1, 0.15) is 43.6 Å². The van der Waals surface area contributed by atoms with Crippen LogP contribution in [0.15, 0.2) is 42.5 Å². The fourth-order valence-corrected chi connectivity index (χ4v) is 2.40. The first-order chi connectivity index (χ1) is 11.4. The number of carbonyl (C=O) groups excluding carboxylic acids is 1. The number of carbonyl (C=O) groups is 1. The van der Waals surface area contributed by atoms with Gasteiger partial charge in [0.05, 0.1) is 22.5 Å². The number of rotatable bonds is 5. The summed E-state index contributed by atoms with van der Waals surface area (Å²) in [4.78, 5) is 12.0. The number of alkyl carbamates (subject to hydrolysis) is 1. The van der Waals surface area contributed by atoms with Gasteiger partial charge in [-0.05, 0) is 44.4 Å². The molecule has 126 valence electrons. The Morgan fingerprint density at radius 2 is 1.92 bits per heavy atom. The van der Waals surface area contributed by atoms with Gasteiger partial charge in [0.15, 0.2) is 0 Å². The van der Waals surface area contributed by atoms with Crippen molar-refractivity contribution in [2.24, 2.45) is 5.73 Å². The van der Waals surface area contributed by atoms with Crippen molar-refractivity contribution in [3.63, 3.8) is 0 Å². The summed E-state index contributed by atoms with van der Waals surface area (Å²) >= 11 is 0. The molecule has 0 bridgehead atoms. The van der Waals surface area contributed by atoms with Gasteiger partial charge in [0, 0.05) is 0 Å². The van der Waals surface area contributed by atoms with Crippen LogP contribution < -0.4 is 11.1 Å². The van der Waals surface area contributed by atoms with E-state index < -0.39 is 11.6 Å². The van der Waals surface area contributed by atoms with Crippen molar-refractivity contribution in [1.82, 2.24) is 15.5 Å². The van der Waals surface area contributed by atoms with E-state index in [2.05, 4.69) is 15.5 Å². The Bertz CT molecular complexity index is 710. The molecule has 1 aromatic heterocycles. The minimum atomic E-state index is -0.690. The Morgan fingerprint density at radius 3 is 2.50 bits per heavy atom. The van der Waals surface area contributed by atoms with Crippen LogP contribution in [0.25, 0.3) is 0 Å². The van der Waals surface area contributed by atoms with Gasteiger partial charge < -0.3 is 15.8 Å². The van der Waals surface area contributed by atoms with Crippen molar-refractivity contribution in [2.75, 3.05) is 0 Å². The van der Waals surface area contributed by atoms with Crippen molar-refractivity contribution < 1.29 is 9.53 Å². The zero-order valence-corrected chi connectivity index (χ0v) is 14.0. The summed E-state index contributed by atoms with van der Waals surface area (Å²) in [5.74, 6) is 0. The summed E-state index contributed by atoms with van der Waals surface area (Å²) in [5, 5.41) is 11.3. The molecule has 0 radical (unpaired) electrons. The van der Waals surface area contributed by atoms with E-state index in [1.54, 1.807) is 0 Å². The van der Waals surface area contributed by atoms with E-state index in [0.29, 0.717) is 5.69 Å². The average molecular weight is 326 g/mol. The largest absolute Gasteiger partial charge is 0.445 e. The topological polar surface area (TPSA) is 90.1 Å². The Kier molecular flexibility index (Phi) is 4.24. The average Bonchev–Trinajstić information content (AvgIpc) is 3.33. The second kappa shape index (κ2) is 6.20. The van der Waals surface area contributed by atoms with Crippen molar-refractivity contribution in [3.05, 3.63) is 59.4 Å². The predicted octanol–water partition coefficient (Wildman–Crippen LogP) is 2.59. The van der Waals surface area contributed by atoms with Gasteiger partial charge >= 0.3 is 6.09 Å². The molecule has 1 heterocycles. The third-order valence-electron chi connectivity index (χ3n) is 4.23. The smallest absolute Gasteiger partial charge is 0.408 e. The lowest BCUT2D eigenvalue weighted by atomic mass is 10.00. The molecule has 0 spiro atoms. The monoisotopic (exact) mass is 326 g/mol. The van der Waals surface area contributed by atoms with Crippen LogP contribution in [-0.2, 0) is 22.4 Å². The van der Waals surface area contributed by atoms with Crippen LogP contribution in [0.3, 0.4) is 0 Å². The minimum absolute atomic E-state index is 0.225. The number of hydrogen-bond acceptors (Lipinski definition) is 5. The van der Waals surface area contributed by atoms with E-state index in [-0.39, 0.29) is 12.1 Å². The van der Waals surface area contributed by atoms with Crippen molar-refractivity contribution in [2.45, 2.75) is 44.4 Å². The maximum Gasteiger partial charge on any atom is 0.408 e. The fraction of sp³-hybridized carbons (Fsp3) is 0.389. The molecule has 2 aromatic rings. The van der Waals surface area contributed by atoms with Crippen LogP contribution >= 0.6 is 0 Å². The summed E-state index contributed by atoms with van der Waals surface area (Å²) in [6, 6.07) is 13.3. The highest BCUT2D eigenvalue weighted by atomic mass is 16.5. The van der Waals surface area contributed by atoms with E-state index >= 15 is 0 Å². The van der Waals surface area contributed by atoms with Gasteiger partial charge in [-0.3, -0.25) is 0 Å². The number of aromatic nitrogens is 2. The molecule has 0 saturated heterocycles. The molecule has 3 rings (SSSR count). The second-order valence-corrected chi connectivity index (χ2v) is 6.77. The number of nitrogens with one attached hydrogen (secondary N) is 1. The molecule has 1 aliphatic rings. The van der Waals surface area contributed by atoms with E-state index in [0.717, 1.165) is 24.1 Å². The Labute approximate surface area is 141 Å². The molecule has 1 saturated carbocycles. The molecule has 1 aliphatic carbocycles. The number of ether oxygens (including phenoxy) is 1. The highest BCUT2D eigenvalue weighted by Crippen LogP contribution is 2.41. The normalized spacial score (nSPS) is 15.6. The molecule has 0 aliphatic heterocycles. The number of benzene rings is 1. The maximum absolute atomic E-state index is 12.0. The van der Waals surface area contributed by atoms with Gasteiger partial charge in [-0.15, -0.1) is 0 Å². The molecule has 3 N–H and O–H groups in total. The highest BCUT2D eigenvalue weighted by molar-refractivity contribution is 5.68. The van der Waals surface area contributed by atoms with Crippen LogP contribution in [0.2, 0.25) is 0 Å². The number of nitrogens with zero attached hydrogens (tertiary/aromatic N) is 2. The van der Waals surface area contributed by atoms with Crippen LogP contribution in [0.5, 0.6) is 0 Å². The number of nitrogens with two attached hydrogens (primary N) is 1. The summed E-state index contributed by atoms with van der Waals surface area (Å²) in [5.41, 5.74) is 7.51. The Morgan fingerprint density at radius 1 is 1.21 bits per heavy atom. The van der Waals surface area contributed by atoms with Crippen molar-refractivity contribution >= 4 is 6.09 Å². The van der Waals surface area contributed by atoms with Crippen LogP contribution in [0, 0.1) is 0 Å². The van der Waals surface area contributed by atoms with Crippen LogP contribution in [-0.4, -0.2) is 16.3 Å². The quantitative estimate of drug-likeness (QED) is 0.881. The third-order valence-corrected chi connectivity index (χ3v) is 4.23.